The van der Waals surface area contributed by atoms with Crippen LogP contribution in [0.15, 0.2) is 48.8 Å². The molecule has 2 aromatic rings. The molecule has 1 atom stereocenters. The van der Waals surface area contributed by atoms with Crippen molar-refractivity contribution in [1.82, 2.24) is 10.3 Å². The van der Waals surface area contributed by atoms with Gasteiger partial charge in [-0.2, -0.15) is 0 Å². The number of aromatic nitrogens is 1. The first-order chi connectivity index (χ1) is 9.31. The van der Waals surface area contributed by atoms with Gasteiger partial charge in [0, 0.05) is 18.4 Å². The molecule has 1 unspecified atom stereocenters. The molecule has 19 heavy (non-hydrogen) atoms. The molecule has 0 radical (unpaired) electrons. The molecule has 0 saturated carbocycles. The van der Waals surface area contributed by atoms with Gasteiger partial charge in [0.25, 0.3) is 0 Å². The fraction of sp³-hybridized carbons (Fsp3) is 0.312. The van der Waals surface area contributed by atoms with Gasteiger partial charge in [-0.3, -0.25) is 4.98 Å². The van der Waals surface area contributed by atoms with Gasteiger partial charge in [-0.05, 0) is 48.7 Å². The van der Waals surface area contributed by atoms with E-state index in [-0.39, 0.29) is 11.9 Å². The van der Waals surface area contributed by atoms with Crippen LogP contribution in [-0.2, 0) is 6.42 Å². The third kappa shape index (κ3) is 3.86. The fourth-order valence-electron chi connectivity index (χ4n) is 2.11. The van der Waals surface area contributed by atoms with Crippen LogP contribution in [-0.4, -0.2) is 11.5 Å². The molecule has 0 bridgehead atoms. The first-order valence-corrected chi connectivity index (χ1v) is 6.68. The lowest BCUT2D eigenvalue weighted by Gasteiger charge is -2.19. The topological polar surface area (TPSA) is 24.9 Å². The van der Waals surface area contributed by atoms with E-state index in [0.717, 1.165) is 24.1 Å². The summed E-state index contributed by atoms with van der Waals surface area (Å²) in [6, 6.07) is 11.0. The van der Waals surface area contributed by atoms with Crippen molar-refractivity contribution < 1.29 is 4.39 Å². The zero-order chi connectivity index (χ0) is 13.5. The summed E-state index contributed by atoms with van der Waals surface area (Å²) >= 11 is 0. The number of benzene rings is 1. The summed E-state index contributed by atoms with van der Waals surface area (Å²) < 4.78 is 13.7. The second-order valence-electron chi connectivity index (χ2n) is 4.58. The van der Waals surface area contributed by atoms with Gasteiger partial charge in [0.2, 0.25) is 0 Å². The highest BCUT2D eigenvalue weighted by molar-refractivity contribution is 5.23. The lowest BCUT2D eigenvalue weighted by Crippen LogP contribution is -2.24. The molecule has 3 heteroatoms. The maximum atomic E-state index is 13.7. The van der Waals surface area contributed by atoms with Crippen LogP contribution in [0.2, 0.25) is 0 Å². The van der Waals surface area contributed by atoms with E-state index in [4.69, 9.17) is 0 Å². The number of hydrogen-bond acceptors (Lipinski definition) is 2. The van der Waals surface area contributed by atoms with Gasteiger partial charge >= 0.3 is 0 Å². The Labute approximate surface area is 113 Å². The lowest BCUT2D eigenvalue weighted by molar-refractivity contribution is 0.512. The monoisotopic (exact) mass is 258 g/mol. The van der Waals surface area contributed by atoms with Crippen molar-refractivity contribution in [3.05, 3.63) is 65.7 Å². The number of pyridine rings is 1. The Morgan fingerprint density at radius 3 is 2.58 bits per heavy atom. The predicted molar refractivity (Wildman–Crippen MR) is 75.4 cm³/mol. The fourth-order valence-corrected chi connectivity index (χ4v) is 2.11. The molecule has 0 spiro atoms. The number of nitrogens with zero attached hydrogens (tertiary/aromatic N) is 1. The third-order valence-electron chi connectivity index (χ3n) is 3.13. The highest BCUT2D eigenvalue weighted by atomic mass is 19.1. The van der Waals surface area contributed by atoms with Gasteiger partial charge < -0.3 is 5.32 Å². The molecule has 0 aliphatic rings. The Hall–Kier alpha value is -1.74. The molecular weight excluding hydrogens is 239 g/mol. The van der Waals surface area contributed by atoms with Crippen molar-refractivity contribution in [3.63, 3.8) is 0 Å². The van der Waals surface area contributed by atoms with E-state index in [0.29, 0.717) is 6.42 Å². The Kier molecular flexibility index (Phi) is 5.04. The van der Waals surface area contributed by atoms with Crippen LogP contribution in [0, 0.1) is 5.82 Å². The van der Waals surface area contributed by atoms with Crippen LogP contribution in [0.25, 0.3) is 0 Å². The Bertz CT molecular complexity index is 499. The molecule has 0 aliphatic heterocycles. The summed E-state index contributed by atoms with van der Waals surface area (Å²) in [7, 11) is 0. The number of rotatable bonds is 6. The number of nitrogens with one attached hydrogen (secondary N) is 1. The van der Waals surface area contributed by atoms with E-state index in [1.54, 1.807) is 18.5 Å². The second-order valence-corrected chi connectivity index (χ2v) is 4.58. The average molecular weight is 258 g/mol. The van der Waals surface area contributed by atoms with E-state index < -0.39 is 0 Å². The Balaban J connectivity index is 2.17. The van der Waals surface area contributed by atoms with Gasteiger partial charge in [0.05, 0.1) is 0 Å². The van der Waals surface area contributed by atoms with E-state index in [2.05, 4.69) is 17.2 Å². The molecule has 1 aromatic heterocycles. The molecular formula is C16H19FN2. The Morgan fingerprint density at radius 1 is 1.16 bits per heavy atom. The quantitative estimate of drug-likeness (QED) is 0.857. The zero-order valence-corrected chi connectivity index (χ0v) is 11.1. The molecule has 2 nitrogen and oxygen atoms in total. The van der Waals surface area contributed by atoms with Crippen LogP contribution in [0.4, 0.5) is 4.39 Å². The molecule has 0 saturated heterocycles. The molecule has 0 aliphatic carbocycles. The van der Waals surface area contributed by atoms with Crippen molar-refractivity contribution in [2.75, 3.05) is 6.54 Å². The van der Waals surface area contributed by atoms with Crippen LogP contribution in [0.3, 0.4) is 0 Å². The smallest absolute Gasteiger partial charge is 0.126 e. The minimum absolute atomic E-state index is 0.125. The van der Waals surface area contributed by atoms with Crippen molar-refractivity contribution in [2.45, 2.75) is 25.8 Å². The second kappa shape index (κ2) is 7.00. The van der Waals surface area contributed by atoms with Gasteiger partial charge in [-0.25, -0.2) is 4.39 Å². The standard InChI is InChI=1S/C16H19FN2/c1-2-9-19-16(13-7-10-18-11-8-13)12-14-5-3-4-6-15(14)17/h3-8,10-11,16,19H,2,9,12H2,1H3. The Morgan fingerprint density at radius 2 is 1.89 bits per heavy atom. The average Bonchev–Trinajstić information content (AvgIpc) is 2.46. The number of hydrogen-bond donors (Lipinski definition) is 1. The van der Waals surface area contributed by atoms with Crippen LogP contribution in [0.5, 0.6) is 0 Å². The van der Waals surface area contributed by atoms with Gasteiger partial charge in [-0.15, -0.1) is 0 Å². The van der Waals surface area contributed by atoms with Crippen LogP contribution < -0.4 is 5.32 Å². The largest absolute Gasteiger partial charge is 0.310 e. The molecule has 1 heterocycles. The highest BCUT2D eigenvalue weighted by Crippen LogP contribution is 2.19. The van der Waals surface area contributed by atoms with Crippen molar-refractivity contribution >= 4 is 0 Å². The summed E-state index contributed by atoms with van der Waals surface area (Å²) in [6.07, 6.45) is 5.25. The first-order valence-electron chi connectivity index (χ1n) is 6.68. The predicted octanol–water partition coefficient (Wildman–Crippen LogP) is 3.50. The SMILES string of the molecule is CCCNC(Cc1ccccc1F)c1ccncc1. The number of halogens is 1. The zero-order valence-electron chi connectivity index (χ0n) is 11.1. The van der Waals surface area contributed by atoms with Gasteiger partial charge in [0.1, 0.15) is 5.82 Å². The van der Waals surface area contributed by atoms with Crippen molar-refractivity contribution in [3.8, 4) is 0 Å². The molecule has 100 valence electrons. The highest BCUT2D eigenvalue weighted by Gasteiger charge is 2.13. The van der Waals surface area contributed by atoms with Crippen molar-refractivity contribution in [1.29, 1.82) is 0 Å². The molecule has 0 amide bonds. The van der Waals surface area contributed by atoms with E-state index in [9.17, 15) is 4.39 Å². The van der Waals surface area contributed by atoms with Crippen LogP contribution in [0.1, 0.15) is 30.5 Å². The van der Waals surface area contributed by atoms with Crippen molar-refractivity contribution in [2.24, 2.45) is 0 Å². The lowest BCUT2D eigenvalue weighted by atomic mass is 9.99. The minimum atomic E-state index is -0.139. The molecule has 0 fully saturated rings. The van der Waals surface area contributed by atoms with E-state index >= 15 is 0 Å². The van der Waals surface area contributed by atoms with Gasteiger partial charge in [-0.1, -0.05) is 25.1 Å². The summed E-state index contributed by atoms with van der Waals surface area (Å²) in [6.45, 7) is 3.04. The van der Waals surface area contributed by atoms with Crippen LogP contribution >= 0.6 is 0 Å². The summed E-state index contributed by atoms with van der Waals surface area (Å²) in [4.78, 5) is 4.03. The summed E-state index contributed by atoms with van der Waals surface area (Å²) in [5.74, 6) is -0.139. The van der Waals surface area contributed by atoms with E-state index in [1.807, 2.05) is 24.3 Å². The maximum absolute atomic E-state index is 13.7. The molecule has 1 N–H and O–H groups in total. The summed E-state index contributed by atoms with van der Waals surface area (Å²) in [5.41, 5.74) is 1.89. The van der Waals surface area contributed by atoms with E-state index in [1.165, 1.54) is 6.07 Å². The molecule has 2 rings (SSSR count). The normalized spacial score (nSPS) is 12.3. The molecule has 1 aromatic carbocycles. The summed E-state index contributed by atoms with van der Waals surface area (Å²) in [5, 5.41) is 3.47. The van der Waals surface area contributed by atoms with Gasteiger partial charge in [0.15, 0.2) is 0 Å². The maximum Gasteiger partial charge on any atom is 0.126 e. The first kappa shape index (κ1) is 13.7. The minimum Gasteiger partial charge on any atom is -0.310 e. The third-order valence-corrected chi connectivity index (χ3v) is 3.13.